The van der Waals surface area contributed by atoms with Gasteiger partial charge in [-0.1, -0.05) is 0 Å². The molecule has 0 spiro atoms. The van der Waals surface area contributed by atoms with Crippen LogP contribution in [0.5, 0.6) is 0 Å². The molecule has 0 saturated carbocycles. The van der Waals surface area contributed by atoms with Crippen molar-refractivity contribution in [1.29, 1.82) is 0 Å². The van der Waals surface area contributed by atoms with Crippen molar-refractivity contribution in [3.8, 4) is 0 Å². The summed E-state index contributed by atoms with van der Waals surface area (Å²) in [6.07, 6.45) is 2.72. The Kier molecular flexibility index (Phi) is 4.18. The molecule has 21 heavy (non-hydrogen) atoms. The molecule has 0 atom stereocenters. The van der Waals surface area contributed by atoms with Gasteiger partial charge < -0.3 is 9.88 Å². The van der Waals surface area contributed by atoms with Crippen LogP contribution in [0.1, 0.15) is 30.4 Å². The van der Waals surface area contributed by atoms with Crippen LogP contribution in [0.3, 0.4) is 0 Å². The number of carbonyl (C=O) groups is 1. The van der Waals surface area contributed by atoms with E-state index in [0.717, 1.165) is 0 Å². The van der Waals surface area contributed by atoms with Crippen molar-refractivity contribution in [3.63, 3.8) is 0 Å². The number of hydrogen-bond acceptors (Lipinski definition) is 5. The smallest absolute Gasteiger partial charge is 0.287 e. The maximum absolute atomic E-state index is 12.2. The van der Waals surface area contributed by atoms with Crippen molar-refractivity contribution in [3.05, 3.63) is 45.6 Å². The van der Waals surface area contributed by atoms with Crippen molar-refractivity contribution in [2.45, 2.75) is 19.9 Å². The highest BCUT2D eigenvalue weighted by Gasteiger charge is 2.21. The topological polar surface area (TPSA) is 103 Å². The van der Waals surface area contributed by atoms with Gasteiger partial charge in [-0.15, -0.1) is 0 Å². The van der Waals surface area contributed by atoms with Crippen LogP contribution >= 0.6 is 11.6 Å². The third-order valence-corrected chi connectivity index (χ3v) is 2.88. The summed E-state index contributed by atoms with van der Waals surface area (Å²) in [5, 5.41) is 13.4. The standard InChI is InChI=1S/C12H12ClN5O3/c1-7(2)17-6-8(18(20)21)5-9(17)11(19)15-10-3-4-14-12(13)16-10/h3-7H,1-2H3,(H,14,15,16,19). The van der Waals surface area contributed by atoms with Crippen molar-refractivity contribution >= 4 is 29.0 Å². The highest BCUT2D eigenvalue weighted by molar-refractivity contribution is 6.28. The molecule has 110 valence electrons. The van der Waals surface area contributed by atoms with Crippen molar-refractivity contribution in [2.75, 3.05) is 5.32 Å². The lowest BCUT2D eigenvalue weighted by atomic mass is 10.3. The molecule has 1 N–H and O–H groups in total. The van der Waals surface area contributed by atoms with E-state index in [1.165, 1.54) is 29.1 Å². The molecular formula is C12H12ClN5O3. The molecule has 0 radical (unpaired) electrons. The summed E-state index contributed by atoms with van der Waals surface area (Å²) in [4.78, 5) is 30.1. The fourth-order valence-corrected chi connectivity index (χ4v) is 1.91. The molecule has 2 heterocycles. The van der Waals surface area contributed by atoms with Gasteiger partial charge in [0.1, 0.15) is 11.5 Å². The Balaban J connectivity index is 2.32. The number of halogens is 1. The van der Waals surface area contributed by atoms with E-state index in [0.29, 0.717) is 0 Å². The Bertz CT molecular complexity index is 698. The number of nitrogens with zero attached hydrogens (tertiary/aromatic N) is 4. The van der Waals surface area contributed by atoms with Crippen LogP contribution in [0.4, 0.5) is 11.5 Å². The number of hydrogen-bond donors (Lipinski definition) is 1. The lowest BCUT2D eigenvalue weighted by Gasteiger charge is -2.11. The molecule has 0 unspecified atom stereocenters. The normalized spacial score (nSPS) is 10.7. The van der Waals surface area contributed by atoms with Gasteiger partial charge in [-0.2, -0.15) is 0 Å². The molecule has 2 aromatic heterocycles. The minimum absolute atomic E-state index is 0.00183. The van der Waals surface area contributed by atoms with E-state index >= 15 is 0 Å². The summed E-state index contributed by atoms with van der Waals surface area (Å²) < 4.78 is 1.52. The maximum atomic E-state index is 12.2. The number of carbonyl (C=O) groups excluding carboxylic acids is 1. The Labute approximate surface area is 124 Å². The quantitative estimate of drug-likeness (QED) is 0.531. The van der Waals surface area contributed by atoms with Crippen molar-refractivity contribution in [2.24, 2.45) is 0 Å². The molecule has 0 aromatic carbocycles. The van der Waals surface area contributed by atoms with E-state index in [1.807, 2.05) is 13.8 Å². The van der Waals surface area contributed by atoms with Gasteiger partial charge in [0, 0.05) is 18.3 Å². The van der Waals surface area contributed by atoms with E-state index in [1.54, 1.807) is 0 Å². The average molecular weight is 310 g/mol. The lowest BCUT2D eigenvalue weighted by Crippen LogP contribution is -2.18. The minimum Gasteiger partial charge on any atom is -0.335 e. The van der Waals surface area contributed by atoms with Gasteiger partial charge >= 0.3 is 0 Å². The number of nitro groups is 1. The van der Waals surface area contributed by atoms with E-state index in [9.17, 15) is 14.9 Å². The van der Waals surface area contributed by atoms with E-state index in [-0.39, 0.29) is 28.5 Å². The van der Waals surface area contributed by atoms with Gasteiger partial charge in [-0.05, 0) is 31.5 Å². The van der Waals surface area contributed by atoms with Crippen LogP contribution in [0, 0.1) is 10.1 Å². The van der Waals surface area contributed by atoms with Crippen molar-refractivity contribution < 1.29 is 9.72 Å². The summed E-state index contributed by atoms with van der Waals surface area (Å²) in [7, 11) is 0. The third kappa shape index (κ3) is 3.34. The molecule has 2 aromatic rings. The minimum atomic E-state index is -0.544. The monoisotopic (exact) mass is 309 g/mol. The predicted molar refractivity (Wildman–Crippen MR) is 76.5 cm³/mol. The van der Waals surface area contributed by atoms with Crippen LogP contribution in [0.2, 0.25) is 5.28 Å². The van der Waals surface area contributed by atoms with E-state index in [4.69, 9.17) is 11.6 Å². The molecular weight excluding hydrogens is 298 g/mol. The molecule has 0 aliphatic rings. The van der Waals surface area contributed by atoms with Crippen LogP contribution in [-0.4, -0.2) is 25.4 Å². The van der Waals surface area contributed by atoms with Crippen LogP contribution in [0.25, 0.3) is 0 Å². The van der Waals surface area contributed by atoms with Gasteiger partial charge in [-0.3, -0.25) is 14.9 Å². The van der Waals surface area contributed by atoms with Gasteiger partial charge in [0.15, 0.2) is 0 Å². The highest BCUT2D eigenvalue weighted by atomic mass is 35.5. The van der Waals surface area contributed by atoms with Crippen LogP contribution < -0.4 is 5.32 Å². The largest absolute Gasteiger partial charge is 0.335 e. The first-order valence-electron chi connectivity index (χ1n) is 6.04. The zero-order chi connectivity index (χ0) is 15.6. The first-order chi connectivity index (χ1) is 9.88. The summed E-state index contributed by atoms with van der Waals surface area (Å²) in [5.74, 6) is -0.286. The summed E-state index contributed by atoms with van der Waals surface area (Å²) >= 11 is 5.63. The molecule has 1 amide bonds. The van der Waals surface area contributed by atoms with Crippen LogP contribution in [-0.2, 0) is 0 Å². The van der Waals surface area contributed by atoms with Crippen LogP contribution in [0.15, 0.2) is 24.5 Å². The lowest BCUT2D eigenvalue weighted by molar-refractivity contribution is -0.384. The second-order valence-electron chi connectivity index (χ2n) is 4.51. The van der Waals surface area contributed by atoms with Gasteiger partial charge in [-0.25, -0.2) is 9.97 Å². The fraction of sp³-hybridized carbons (Fsp3) is 0.250. The second-order valence-corrected chi connectivity index (χ2v) is 4.84. The molecule has 0 aliphatic carbocycles. The Morgan fingerprint density at radius 1 is 1.52 bits per heavy atom. The second kappa shape index (κ2) is 5.88. The summed E-state index contributed by atoms with van der Waals surface area (Å²) in [6, 6.07) is 2.59. The molecule has 0 fully saturated rings. The molecule has 0 aliphatic heterocycles. The number of rotatable bonds is 4. The first-order valence-corrected chi connectivity index (χ1v) is 6.42. The average Bonchev–Trinajstić information content (AvgIpc) is 2.84. The number of aromatic nitrogens is 3. The van der Waals surface area contributed by atoms with Gasteiger partial charge in [0.2, 0.25) is 5.28 Å². The van der Waals surface area contributed by atoms with Gasteiger partial charge in [0.05, 0.1) is 11.1 Å². The molecule has 8 nitrogen and oxygen atoms in total. The Hall–Kier alpha value is -2.48. The number of anilines is 1. The SMILES string of the molecule is CC(C)n1cc([N+](=O)[O-])cc1C(=O)Nc1ccnc(Cl)n1. The Morgan fingerprint density at radius 2 is 2.24 bits per heavy atom. The summed E-state index contributed by atoms with van der Waals surface area (Å²) in [6.45, 7) is 3.64. The molecule has 0 saturated heterocycles. The summed E-state index contributed by atoms with van der Waals surface area (Å²) in [5.41, 5.74) is 0.0287. The fourth-order valence-electron chi connectivity index (χ4n) is 1.76. The Morgan fingerprint density at radius 3 is 2.81 bits per heavy atom. The van der Waals surface area contributed by atoms with Gasteiger partial charge in [0.25, 0.3) is 11.6 Å². The van der Waals surface area contributed by atoms with Crippen molar-refractivity contribution in [1.82, 2.24) is 14.5 Å². The predicted octanol–water partition coefficient (Wildman–Crippen LogP) is 2.67. The molecule has 9 heteroatoms. The number of amides is 1. The molecule has 0 bridgehead atoms. The van der Waals surface area contributed by atoms with E-state index in [2.05, 4.69) is 15.3 Å². The van der Waals surface area contributed by atoms with E-state index < -0.39 is 10.8 Å². The maximum Gasteiger partial charge on any atom is 0.287 e. The first kappa shape index (κ1) is 14.9. The third-order valence-electron chi connectivity index (χ3n) is 2.70. The zero-order valence-corrected chi connectivity index (χ0v) is 12.0. The highest BCUT2D eigenvalue weighted by Crippen LogP contribution is 2.21. The zero-order valence-electron chi connectivity index (χ0n) is 11.3. The molecule has 2 rings (SSSR count). The number of nitrogens with one attached hydrogen (secondary N) is 1.